The van der Waals surface area contributed by atoms with Crippen LogP contribution in [0.15, 0.2) is 24.5 Å². The molecule has 1 aromatic carbocycles. The second-order valence-electron chi connectivity index (χ2n) is 3.35. The van der Waals surface area contributed by atoms with Crippen molar-refractivity contribution in [3.05, 3.63) is 45.2 Å². The van der Waals surface area contributed by atoms with Gasteiger partial charge in [-0.15, -0.1) is 0 Å². The summed E-state index contributed by atoms with van der Waals surface area (Å²) in [5.41, 5.74) is 1.46. The molecule has 17 heavy (non-hydrogen) atoms. The third kappa shape index (κ3) is 2.09. The molecular formula is C11H9ClN2O3. The van der Waals surface area contributed by atoms with Gasteiger partial charge >= 0.3 is 0 Å². The summed E-state index contributed by atoms with van der Waals surface area (Å²) in [7, 11) is 1.52. The zero-order valence-corrected chi connectivity index (χ0v) is 9.69. The number of rotatable bonds is 3. The maximum absolute atomic E-state index is 10.3. The Balaban J connectivity index is 2.61. The predicted octanol–water partition coefficient (Wildman–Crippen LogP) is 3.08. The molecule has 0 aliphatic rings. The summed E-state index contributed by atoms with van der Waals surface area (Å²) in [5, 5.41) is 11.4. The Morgan fingerprint density at radius 1 is 1.53 bits per heavy atom. The Hall–Kier alpha value is -2.01. The van der Waals surface area contributed by atoms with E-state index in [1.807, 2.05) is 6.07 Å². The molecule has 2 aromatic rings. The van der Waals surface area contributed by atoms with E-state index in [0.717, 1.165) is 11.7 Å². The van der Waals surface area contributed by atoms with Crippen molar-refractivity contribution in [2.75, 3.05) is 7.11 Å². The first-order chi connectivity index (χ1) is 8.13. The normalized spacial score (nSPS) is 11.2. The number of nitro groups is 1. The standard InChI is InChI=1S/C11H9ClN2O3/c1-17-9-3-2-8-10(11(9)12)7(6-13-8)4-5-14(15)16/h2-6,13H,1H3. The second-order valence-corrected chi connectivity index (χ2v) is 3.73. The number of hydrogen-bond donors (Lipinski definition) is 1. The van der Waals surface area contributed by atoms with Crippen LogP contribution >= 0.6 is 11.6 Å². The van der Waals surface area contributed by atoms with Gasteiger partial charge in [0.2, 0.25) is 6.20 Å². The molecule has 0 bridgehead atoms. The summed E-state index contributed by atoms with van der Waals surface area (Å²) in [6.07, 6.45) is 3.93. The lowest BCUT2D eigenvalue weighted by Gasteiger charge is -2.03. The summed E-state index contributed by atoms with van der Waals surface area (Å²) in [4.78, 5) is 12.8. The number of methoxy groups -OCH3 is 1. The molecule has 2 rings (SSSR count). The average Bonchev–Trinajstić information content (AvgIpc) is 2.71. The van der Waals surface area contributed by atoms with E-state index in [4.69, 9.17) is 16.3 Å². The third-order valence-corrected chi connectivity index (χ3v) is 2.75. The minimum atomic E-state index is -0.521. The molecule has 0 amide bonds. The van der Waals surface area contributed by atoms with E-state index in [1.54, 1.807) is 12.3 Å². The van der Waals surface area contributed by atoms with Crippen LogP contribution in [-0.2, 0) is 0 Å². The van der Waals surface area contributed by atoms with Gasteiger partial charge in [-0.3, -0.25) is 10.1 Å². The third-order valence-electron chi connectivity index (χ3n) is 2.37. The van der Waals surface area contributed by atoms with Crippen LogP contribution in [0.2, 0.25) is 5.02 Å². The summed E-state index contributed by atoms with van der Waals surface area (Å²) >= 11 is 6.15. The van der Waals surface area contributed by atoms with Crippen LogP contribution in [0.3, 0.4) is 0 Å². The van der Waals surface area contributed by atoms with Gasteiger partial charge in [0.15, 0.2) is 0 Å². The van der Waals surface area contributed by atoms with Crippen LogP contribution < -0.4 is 4.74 Å². The van der Waals surface area contributed by atoms with Crippen LogP contribution in [0.25, 0.3) is 17.0 Å². The zero-order valence-electron chi connectivity index (χ0n) is 8.94. The first kappa shape index (κ1) is 11.5. The Kier molecular flexibility index (Phi) is 3.01. The summed E-state index contributed by atoms with van der Waals surface area (Å²) in [6, 6.07) is 3.55. The van der Waals surface area contributed by atoms with E-state index < -0.39 is 4.92 Å². The predicted molar refractivity (Wildman–Crippen MR) is 65.9 cm³/mol. The lowest BCUT2D eigenvalue weighted by Crippen LogP contribution is -1.85. The van der Waals surface area contributed by atoms with Gasteiger partial charge in [-0.05, 0) is 12.1 Å². The molecule has 1 N–H and O–H groups in total. The first-order valence-electron chi connectivity index (χ1n) is 4.78. The highest BCUT2D eigenvalue weighted by atomic mass is 35.5. The largest absolute Gasteiger partial charge is 0.495 e. The molecule has 5 nitrogen and oxygen atoms in total. The van der Waals surface area contributed by atoms with E-state index in [9.17, 15) is 10.1 Å². The average molecular weight is 253 g/mol. The molecule has 1 aromatic heterocycles. The molecule has 1 heterocycles. The Bertz CT molecular complexity index is 604. The van der Waals surface area contributed by atoms with Crippen LogP contribution in [0.1, 0.15) is 5.56 Å². The number of aromatic nitrogens is 1. The molecule has 6 heteroatoms. The molecule has 0 aliphatic heterocycles. The SMILES string of the molecule is COc1ccc2[nH]cc(C=C[N+](=O)[O-])c2c1Cl. The van der Waals surface area contributed by atoms with E-state index in [0.29, 0.717) is 21.7 Å². The number of nitrogens with zero attached hydrogens (tertiary/aromatic N) is 1. The number of halogens is 1. The van der Waals surface area contributed by atoms with Crippen molar-refractivity contribution in [3.63, 3.8) is 0 Å². The monoisotopic (exact) mass is 252 g/mol. The van der Waals surface area contributed by atoms with Crippen molar-refractivity contribution in [1.29, 1.82) is 0 Å². The number of hydrogen-bond acceptors (Lipinski definition) is 3. The van der Waals surface area contributed by atoms with Gasteiger partial charge in [0.25, 0.3) is 0 Å². The summed E-state index contributed by atoms with van der Waals surface area (Å²) in [6.45, 7) is 0. The molecule has 0 saturated carbocycles. The molecule has 0 fully saturated rings. The highest BCUT2D eigenvalue weighted by molar-refractivity contribution is 6.37. The van der Waals surface area contributed by atoms with Crippen molar-refractivity contribution in [3.8, 4) is 5.75 Å². The lowest BCUT2D eigenvalue weighted by atomic mass is 10.1. The van der Waals surface area contributed by atoms with Crippen LogP contribution in [0.5, 0.6) is 5.75 Å². The van der Waals surface area contributed by atoms with Crippen LogP contribution in [-0.4, -0.2) is 17.0 Å². The topological polar surface area (TPSA) is 68.2 Å². The van der Waals surface area contributed by atoms with Gasteiger partial charge in [0, 0.05) is 28.7 Å². The fraction of sp³-hybridized carbons (Fsp3) is 0.0909. The molecule has 0 atom stereocenters. The molecule has 0 aliphatic carbocycles. The Morgan fingerprint density at radius 3 is 2.94 bits per heavy atom. The quantitative estimate of drug-likeness (QED) is 0.674. The summed E-state index contributed by atoms with van der Waals surface area (Å²) in [5.74, 6) is 0.537. The van der Waals surface area contributed by atoms with Crippen molar-refractivity contribution in [2.24, 2.45) is 0 Å². The fourth-order valence-electron chi connectivity index (χ4n) is 1.62. The number of H-pyrrole nitrogens is 1. The Labute approximate surface area is 102 Å². The van der Waals surface area contributed by atoms with Crippen molar-refractivity contribution in [2.45, 2.75) is 0 Å². The molecule has 0 unspecified atom stereocenters. The minimum absolute atomic E-state index is 0.439. The highest BCUT2D eigenvalue weighted by Crippen LogP contribution is 2.34. The minimum Gasteiger partial charge on any atom is -0.495 e. The van der Waals surface area contributed by atoms with Gasteiger partial charge in [-0.25, -0.2) is 0 Å². The van der Waals surface area contributed by atoms with Crippen LogP contribution in [0, 0.1) is 10.1 Å². The van der Waals surface area contributed by atoms with E-state index >= 15 is 0 Å². The maximum atomic E-state index is 10.3. The van der Waals surface area contributed by atoms with Gasteiger partial charge in [0.1, 0.15) is 5.75 Å². The molecule has 0 radical (unpaired) electrons. The molecule has 0 saturated heterocycles. The zero-order chi connectivity index (χ0) is 12.4. The number of ether oxygens (including phenoxy) is 1. The van der Waals surface area contributed by atoms with Gasteiger partial charge < -0.3 is 9.72 Å². The molecule has 0 spiro atoms. The number of fused-ring (bicyclic) bond motifs is 1. The first-order valence-corrected chi connectivity index (χ1v) is 5.16. The second kappa shape index (κ2) is 4.47. The number of nitrogens with one attached hydrogen (secondary N) is 1. The highest BCUT2D eigenvalue weighted by Gasteiger charge is 2.10. The van der Waals surface area contributed by atoms with Crippen molar-refractivity contribution in [1.82, 2.24) is 4.98 Å². The molecule has 88 valence electrons. The smallest absolute Gasteiger partial charge is 0.235 e. The van der Waals surface area contributed by atoms with Crippen molar-refractivity contribution >= 4 is 28.6 Å². The number of benzene rings is 1. The fourth-order valence-corrected chi connectivity index (χ4v) is 1.97. The lowest BCUT2D eigenvalue weighted by molar-refractivity contribution is -0.400. The van der Waals surface area contributed by atoms with E-state index in [-0.39, 0.29) is 0 Å². The van der Waals surface area contributed by atoms with Gasteiger partial charge in [-0.1, -0.05) is 11.6 Å². The van der Waals surface area contributed by atoms with Crippen LogP contribution in [0.4, 0.5) is 0 Å². The molecular weight excluding hydrogens is 244 g/mol. The Morgan fingerprint density at radius 2 is 2.29 bits per heavy atom. The number of aromatic amines is 1. The summed E-state index contributed by atoms with van der Waals surface area (Å²) < 4.78 is 5.10. The maximum Gasteiger partial charge on any atom is 0.235 e. The van der Waals surface area contributed by atoms with Gasteiger partial charge in [-0.2, -0.15) is 0 Å². The van der Waals surface area contributed by atoms with E-state index in [2.05, 4.69) is 4.98 Å². The van der Waals surface area contributed by atoms with Gasteiger partial charge in [0.05, 0.1) is 17.1 Å². The van der Waals surface area contributed by atoms with Crippen molar-refractivity contribution < 1.29 is 9.66 Å². The van der Waals surface area contributed by atoms with E-state index in [1.165, 1.54) is 13.2 Å².